The number of anilines is 1. The van der Waals surface area contributed by atoms with Gasteiger partial charge in [-0.15, -0.1) is 0 Å². The van der Waals surface area contributed by atoms with Gasteiger partial charge in [0.15, 0.2) is 0 Å². The minimum absolute atomic E-state index is 0.199. The van der Waals surface area contributed by atoms with Gasteiger partial charge in [-0.2, -0.15) is 0 Å². The second-order valence-corrected chi connectivity index (χ2v) is 3.58. The number of para-hydroxylation sites is 1. The van der Waals surface area contributed by atoms with E-state index in [4.69, 9.17) is 4.74 Å². The van der Waals surface area contributed by atoms with Gasteiger partial charge >= 0.3 is 5.97 Å². The van der Waals surface area contributed by atoms with Gasteiger partial charge in [0.1, 0.15) is 0 Å². The van der Waals surface area contributed by atoms with Gasteiger partial charge in [-0.3, -0.25) is 9.59 Å². The summed E-state index contributed by atoms with van der Waals surface area (Å²) in [7, 11) is 0. The van der Waals surface area contributed by atoms with Crippen molar-refractivity contribution in [3.05, 3.63) is 42.0 Å². The first-order valence-electron chi connectivity index (χ1n) is 5.47. The van der Waals surface area contributed by atoms with Crippen molar-refractivity contribution in [1.82, 2.24) is 0 Å². The zero-order chi connectivity index (χ0) is 13.1. The van der Waals surface area contributed by atoms with Crippen LogP contribution in [-0.2, 0) is 14.3 Å². The minimum atomic E-state index is -0.555. The molecule has 18 heavy (non-hydrogen) atoms. The normalized spacial score (nSPS) is 14.2. The van der Waals surface area contributed by atoms with E-state index in [2.05, 4.69) is 0 Å². The van der Waals surface area contributed by atoms with Crippen molar-refractivity contribution in [3.63, 3.8) is 0 Å². The molecule has 1 aliphatic rings. The molecule has 5 nitrogen and oxygen atoms in total. The summed E-state index contributed by atoms with van der Waals surface area (Å²) >= 11 is 0. The maximum Gasteiger partial charge on any atom is 0.340 e. The summed E-state index contributed by atoms with van der Waals surface area (Å²) in [5.74, 6) is -1.48. The Morgan fingerprint density at radius 1 is 1.17 bits per heavy atom. The molecule has 0 aliphatic carbocycles. The van der Waals surface area contributed by atoms with E-state index >= 15 is 0 Å². The van der Waals surface area contributed by atoms with Crippen LogP contribution >= 0.6 is 0 Å². The van der Waals surface area contributed by atoms with Gasteiger partial charge in [0, 0.05) is 12.2 Å². The lowest BCUT2D eigenvalue weighted by molar-refractivity contribution is -0.119. The van der Waals surface area contributed by atoms with E-state index < -0.39 is 17.8 Å². The van der Waals surface area contributed by atoms with Crippen molar-refractivity contribution >= 4 is 23.5 Å². The molecule has 0 spiro atoms. The average Bonchev–Trinajstić information content (AvgIpc) is 2.69. The summed E-state index contributed by atoms with van der Waals surface area (Å²) in [5, 5.41) is 0. The first kappa shape index (κ1) is 12.0. The molecular formula is C13H11NO4. The lowest BCUT2D eigenvalue weighted by Crippen LogP contribution is -2.31. The van der Waals surface area contributed by atoms with Crippen molar-refractivity contribution in [3.8, 4) is 0 Å². The first-order valence-corrected chi connectivity index (χ1v) is 5.47. The Bertz CT molecular complexity index is 530. The number of benzene rings is 1. The van der Waals surface area contributed by atoms with Crippen LogP contribution in [0.4, 0.5) is 5.69 Å². The van der Waals surface area contributed by atoms with Crippen molar-refractivity contribution in [2.75, 3.05) is 11.5 Å². The highest BCUT2D eigenvalue weighted by Gasteiger charge is 2.28. The minimum Gasteiger partial charge on any atom is -0.462 e. The van der Waals surface area contributed by atoms with Gasteiger partial charge < -0.3 is 4.74 Å². The zero-order valence-electron chi connectivity index (χ0n) is 9.75. The maximum absolute atomic E-state index is 11.7. The lowest BCUT2D eigenvalue weighted by Gasteiger charge is -2.16. The van der Waals surface area contributed by atoms with E-state index in [9.17, 15) is 14.4 Å². The Kier molecular flexibility index (Phi) is 3.23. The summed E-state index contributed by atoms with van der Waals surface area (Å²) in [6, 6.07) is 6.35. The highest BCUT2D eigenvalue weighted by atomic mass is 16.5. The van der Waals surface area contributed by atoms with Gasteiger partial charge in [-0.25, -0.2) is 9.69 Å². The number of imide groups is 1. The smallest absolute Gasteiger partial charge is 0.340 e. The van der Waals surface area contributed by atoms with Crippen molar-refractivity contribution in [2.45, 2.75) is 6.92 Å². The first-order chi connectivity index (χ1) is 8.65. The number of carbonyl (C=O) groups excluding carboxylic acids is 3. The van der Waals surface area contributed by atoms with Gasteiger partial charge in [0.2, 0.25) is 0 Å². The van der Waals surface area contributed by atoms with Crippen LogP contribution < -0.4 is 4.90 Å². The Labute approximate surface area is 104 Å². The van der Waals surface area contributed by atoms with Gasteiger partial charge in [-0.05, 0) is 19.1 Å². The van der Waals surface area contributed by atoms with E-state index in [1.54, 1.807) is 19.1 Å². The number of nitrogens with zero attached hydrogens (tertiary/aromatic N) is 1. The number of carbonyl (C=O) groups is 3. The van der Waals surface area contributed by atoms with Crippen LogP contribution in [0.5, 0.6) is 0 Å². The average molecular weight is 245 g/mol. The van der Waals surface area contributed by atoms with Crippen LogP contribution in [0.3, 0.4) is 0 Å². The number of hydrogen-bond acceptors (Lipinski definition) is 4. The molecule has 1 heterocycles. The molecule has 92 valence electrons. The summed E-state index contributed by atoms with van der Waals surface area (Å²) in [5.41, 5.74) is 0.445. The van der Waals surface area contributed by atoms with Crippen LogP contribution in [0.2, 0.25) is 0 Å². The molecule has 2 rings (SSSR count). The Balaban J connectivity index is 2.42. The Morgan fingerprint density at radius 3 is 2.39 bits per heavy atom. The fraction of sp³-hybridized carbons (Fsp3) is 0.154. The topological polar surface area (TPSA) is 63.7 Å². The fourth-order valence-corrected chi connectivity index (χ4v) is 1.69. The van der Waals surface area contributed by atoms with Crippen LogP contribution in [0, 0.1) is 0 Å². The van der Waals surface area contributed by atoms with E-state index in [-0.39, 0.29) is 17.9 Å². The quantitative estimate of drug-likeness (QED) is 0.594. The molecule has 0 N–H and O–H groups in total. The second kappa shape index (κ2) is 4.83. The van der Waals surface area contributed by atoms with Crippen molar-refractivity contribution < 1.29 is 19.1 Å². The van der Waals surface area contributed by atoms with E-state index in [0.29, 0.717) is 0 Å². The molecule has 0 bridgehead atoms. The lowest BCUT2D eigenvalue weighted by atomic mass is 10.1. The van der Waals surface area contributed by atoms with Crippen LogP contribution in [-0.4, -0.2) is 24.4 Å². The summed E-state index contributed by atoms with van der Waals surface area (Å²) in [6.07, 6.45) is 2.34. The van der Waals surface area contributed by atoms with Crippen LogP contribution in [0.15, 0.2) is 36.4 Å². The SMILES string of the molecule is CCOC(=O)c1ccccc1N1C(=O)C=CC1=O. The molecule has 0 saturated carbocycles. The molecule has 1 aromatic carbocycles. The number of amides is 2. The van der Waals surface area contributed by atoms with E-state index in [1.807, 2.05) is 0 Å². The van der Waals surface area contributed by atoms with Gasteiger partial charge in [-0.1, -0.05) is 12.1 Å². The summed E-state index contributed by atoms with van der Waals surface area (Å²) in [6.45, 7) is 1.92. The van der Waals surface area contributed by atoms with Crippen molar-refractivity contribution in [1.29, 1.82) is 0 Å². The molecule has 0 unspecified atom stereocenters. The molecule has 0 radical (unpaired) electrons. The maximum atomic E-state index is 11.7. The molecule has 0 saturated heterocycles. The summed E-state index contributed by atoms with van der Waals surface area (Å²) in [4.78, 5) is 35.9. The summed E-state index contributed by atoms with van der Waals surface area (Å²) < 4.78 is 4.89. The Hall–Kier alpha value is -2.43. The third-order valence-corrected chi connectivity index (χ3v) is 2.45. The predicted octanol–water partition coefficient (Wildman–Crippen LogP) is 1.29. The molecule has 0 fully saturated rings. The molecule has 5 heteroatoms. The standard InChI is InChI=1S/C13H11NO4/c1-2-18-13(17)9-5-3-4-6-10(9)14-11(15)7-8-12(14)16/h3-8H,2H2,1H3. The van der Waals surface area contributed by atoms with Gasteiger partial charge in [0.05, 0.1) is 17.9 Å². The molecule has 0 atom stereocenters. The molecular weight excluding hydrogens is 234 g/mol. The van der Waals surface area contributed by atoms with Crippen LogP contribution in [0.25, 0.3) is 0 Å². The van der Waals surface area contributed by atoms with Crippen LogP contribution in [0.1, 0.15) is 17.3 Å². The van der Waals surface area contributed by atoms with Gasteiger partial charge in [0.25, 0.3) is 11.8 Å². The highest BCUT2D eigenvalue weighted by Crippen LogP contribution is 2.24. The molecule has 0 aromatic heterocycles. The van der Waals surface area contributed by atoms with Crippen molar-refractivity contribution in [2.24, 2.45) is 0 Å². The fourth-order valence-electron chi connectivity index (χ4n) is 1.69. The number of esters is 1. The third-order valence-electron chi connectivity index (χ3n) is 2.45. The predicted molar refractivity (Wildman–Crippen MR) is 64.0 cm³/mol. The zero-order valence-corrected chi connectivity index (χ0v) is 9.75. The number of rotatable bonds is 3. The molecule has 1 aliphatic heterocycles. The monoisotopic (exact) mass is 245 g/mol. The largest absolute Gasteiger partial charge is 0.462 e. The molecule has 1 aromatic rings. The second-order valence-electron chi connectivity index (χ2n) is 3.58. The highest BCUT2D eigenvalue weighted by molar-refractivity contribution is 6.29. The Morgan fingerprint density at radius 2 is 1.78 bits per heavy atom. The number of ether oxygens (including phenoxy) is 1. The number of hydrogen-bond donors (Lipinski definition) is 0. The van der Waals surface area contributed by atoms with E-state index in [1.165, 1.54) is 24.3 Å². The molecule has 2 amide bonds. The third kappa shape index (κ3) is 2.02. The van der Waals surface area contributed by atoms with E-state index in [0.717, 1.165) is 4.90 Å².